The molecule has 280 valence electrons. The molecule has 58 heavy (non-hydrogen) atoms. The van der Waals surface area contributed by atoms with Gasteiger partial charge in [0.05, 0.1) is 0 Å². The Morgan fingerprint density at radius 2 is 0.828 bits per heavy atom. The number of fused-ring (bicyclic) bond motifs is 9. The molecule has 3 aliphatic rings. The van der Waals surface area contributed by atoms with E-state index in [1.54, 1.807) is 0 Å². The molecule has 8 aromatic rings. The van der Waals surface area contributed by atoms with Gasteiger partial charge in [-0.05, 0) is 97.1 Å². The second-order valence-electron chi connectivity index (χ2n) is 17.7. The number of benzene rings is 7. The van der Waals surface area contributed by atoms with Crippen molar-refractivity contribution in [3.8, 4) is 56.2 Å². The highest BCUT2D eigenvalue weighted by atomic mass is 15.3. The summed E-state index contributed by atoms with van der Waals surface area (Å²) in [5.74, 6) is 1.88. The lowest BCUT2D eigenvalue weighted by molar-refractivity contribution is 0.660. The standard InChI is InChI=1S/C54H44N4/c1-52(2)43-24-13-11-20-37(43)41-31-33(27-29-46(41)52)49-55-50(40-23-16-22-39-36-19-10-15-26-45(36)54(5,6)48(39)40)57-51(56-49)58(34-17-8-7-9-18-34)35-28-30-47-42(32-35)38-21-12-14-25-44(38)53(47,3)4/h7-32H,1-6H3. The fraction of sp³-hybridized carbons (Fsp3) is 0.167. The third kappa shape index (κ3) is 4.84. The molecule has 0 atom stereocenters. The van der Waals surface area contributed by atoms with Gasteiger partial charge in [-0.1, -0.05) is 169 Å². The lowest BCUT2D eigenvalue weighted by Crippen LogP contribution is -2.18. The molecular weight excluding hydrogens is 705 g/mol. The summed E-state index contributed by atoms with van der Waals surface area (Å²) < 4.78 is 0. The van der Waals surface area contributed by atoms with Crippen LogP contribution in [0, 0.1) is 0 Å². The van der Waals surface area contributed by atoms with Crippen LogP contribution in [0.4, 0.5) is 17.3 Å². The van der Waals surface area contributed by atoms with Crippen LogP contribution in [0.25, 0.3) is 56.2 Å². The number of hydrogen-bond donors (Lipinski definition) is 0. The fourth-order valence-corrected chi connectivity index (χ4v) is 10.4. The van der Waals surface area contributed by atoms with E-state index in [1.807, 2.05) is 0 Å². The van der Waals surface area contributed by atoms with Gasteiger partial charge in [0, 0.05) is 38.7 Å². The fourth-order valence-electron chi connectivity index (χ4n) is 10.4. The molecule has 0 N–H and O–H groups in total. The minimum absolute atomic E-state index is 0.101. The van der Waals surface area contributed by atoms with E-state index in [4.69, 9.17) is 15.0 Å². The lowest BCUT2D eigenvalue weighted by atomic mass is 9.80. The Balaban J connectivity index is 1.17. The summed E-state index contributed by atoms with van der Waals surface area (Å²) in [7, 11) is 0. The molecule has 0 unspecified atom stereocenters. The van der Waals surface area contributed by atoms with Gasteiger partial charge in [0.1, 0.15) is 0 Å². The van der Waals surface area contributed by atoms with Crippen molar-refractivity contribution in [3.63, 3.8) is 0 Å². The zero-order valence-corrected chi connectivity index (χ0v) is 33.8. The maximum Gasteiger partial charge on any atom is 0.238 e. The molecule has 1 aromatic heterocycles. The number of para-hydroxylation sites is 1. The van der Waals surface area contributed by atoms with Crippen molar-refractivity contribution >= 4 is 17.3 Å². The van der Waals surface area contributed by atoms with Gasteiger partial charge in [-0.2, -0.15) is 9.97 Å². The summed E-state index contributed by atoms with van der Waals surface area (Å²) in [6.07, 6.45) is 0. The van der Waals surface area contributed by atoms with Crippen molar-refractivity contribution in [2.45, 2.75) is 57.8 Å². The van der Waals surface area contributed by atoms with E-state index in [1.165, 1.54) is 66.8 Å². The van der Waals surface area contributed by atoms with Gasteiger partial charge in [0.15, 0.2) is 11.6 Å². The Labute approximate surface area is 341 Å². The average molecular weight is 749 g/mol. The molecule has 0 saturated heterocycles. The number of rotatable bonds is 5. The van der Waals surface area contributed by atoms with Gasteiger partial charge in [-0.3, -0.25) is 4.90 Å². The third-order valence-electron chi connectivity index (χ3n) is 13.3. The first-order chi connectivity index (χ1) is 28.0. The molecule has 4 nitrogen and oxygen atoms in total. The zero-order valence-electron chi connectivity index (χ0n) is 33.8. The molecule has 0 radical (unpaired) electrons. The minimum atomic E-state index is -0.252. The zero-order chi connectivity index (χ0) is 39.6. The van der Waals surface area contributed by atoms with Crippen LogP contribution in [-0.4, -0.2) is 15.0 Å². The van der Waals surface area contributed by atoms with E-state index in [0.717, 1.165) is 22.5 Å². The second kappa shape index (κ2) is 12.2. The minimum Gasteiger partial charge on any atom is -0.279 e. The topological polar surface area (TPSA) is 41.9 Å². The van der Waals surface area contributed by atoms with Crippen LogP contribution in [0.2, 0.25) is 0 Å². The summed E-state index contributed by atoms with van der Waals surface area (Å²) in [6.45, 7) is 13.9. The van der Waals surface area contributed by atoms with Gasteiger partial charge in [-0.15, -0.1) is 0 Å². The lowest BCUT2D eigenvalue weighted by Gasteiger charge is -2.27. The van der Waals surface area contributed by atoms with E-state index < -0.39 is 0 Å². The normalized spacial score (nSPS) is 15.5. The summed E-state index contributed by atoms with van der Waals surface area (Å²) in [4.78, 5) is 18.6. The summed E-state index contributed by atoms with van der Waals surface area (Å²) in [5.41, 5.74) is 18.9. The Morgan fingerprint density at radius 1 is 0.345 bits per heavy atom. The van der Waals surface area contributed by atoms with Crippen LogP contribution < -0.4 is 4.90 Å². The van der Waals surface area contributed by atoms with Crippen molar-refractivity contribution < 1.29 is 0 Å². The van der Waals surface area contributed by atoms with Crippen molar-refractivity contribution in [2.75, 3.05) is 4.90 Å². The van der Waals surface area contributed by atoms with Crippen LogP contribution in [0.3, 0.4) is 0 Å². The van der Waals surface area contributed by atoms with E-state index >= 15 is 0 Å². The van der Waals surface area contributed by atoms with Crippen molar-refractivity contribution in [1.82, 2.24) is 15.0 Å². The predicted molar refractivity (Wildman–Crippen MR) is 238 cm³/mol. The maximum absolute atomic E-state index is 5.49. The second-order valence-corrected chi connectivity index (χ2v) is 17.7. The molecule has 0 spiro atoms. The molecule has 0 amide bonds. The molecule has 1 heterocycles. The Kier molecular flexibility index (Phi) is 7.26. The summed E-state index contributed by atoms with van der Waals surface area (Å²) in [6, 6.07) is 57.1. The molecule has 0 saturated carbocycles. The first-order valence-electron chi connectivity index (χ1n) is 20.4. The first kappa shape index (κ1) is 34.6. The monoisotopic (exact) mass is 748 g/mol. The van der Waals surface area contributed by atoms with Crippen LogP contribution in [0.15, 0.2) is 158 Å². The Hall–Kier alpha value is -6.65. The highest BCUT2D eigenvalue weighted by Crippen LogP contribution is 2.54. The number of anilines is 3. The molecule has 4 heteroatoms. The molecule has 3 aliphatic carbocycles. The van der Waals surface area contributed by atoms with Crippen LogP contribution in [0.1, 0.15) is 74.9 Å². The predicted octanol–water partition coefficient (Wildman–Crippen LogP) is 13.6. The number of aromatic nitrogens is 3. The van der Waals surface area contributed by atoms with Gasteiger partial charge in [0.2, 0.25) is 5.95 Å². The number of hydrogen-bond acceptors (Lipinski definition) is 4. The Bertz CT molecular complexity index is 2990. The highest BCUT2D eigenvalue weighted by Gasteiger charge is 2.40. The molecule has 0 fully saturated rings. The number of nitrogens with zero attached hydrogens (tertiary/aromatic N) is 4. The van der Waals surface area contributed by atoms with Crippen LogP contribution in [0.5, 0.6) is 0 Å². The summed E-state index contributed by atoms with van der Waals surface area (Å²) in [5, 5.41) is 0. The van der Waals surface area contributed by atoms with Crippen LogP contribution in [-0.2, 0) is 16.2 Å². The first-order valence-corrected chi connectivity index (χ1v) is 20.4. The smallest absolute Gasteiger partial charge is 0.238 e. The Morgan fingerprint density at radius 3 is 1.48 bits per heavy atom. The third-order valence-corrected chi connectivity index (χ3v) is 13.3. The summed E-state index contributed by atoms with van der Waals surface area (Å²) >= 11 is 0. The van der Waals surface area contributed by atoms with Crippen LogP contribution >= 0.6 is 0 Å². The van der Waals surface area contributed by atoms with Gasteiger partial charge in [0.25, 0.3) is 0 Å². The van der Waals surface area contributed by atoms with Crippen molar-refractivity contribution in [1.29, 1.82) is 0 Å². The van der Waals surface area contributed by atoms with Gasteiger partial charge >= 0.3 is 0 Å². The molecule has 11 rings (SSSR count). The quantitative estimate of drug-likeness (QED) is 0.176. The van der Waals surface area contributed by atoms with Crippen molar-refractivity contribution in [3.05, 3.63) is 191 Å². The van der Waals surface area contributed by atoms with E-state index in [2.05, 4.69) is 204 Å². The van der Waals surface area contributed by atoms with Crippen molar-refractivity contribution in [2.24, 2.45) is 0 Å². The van der Waals surface area contributed by atoms with E-state index in [9.17, 15) is 0 Å². The molecule has 0 bridgehead atoms. The van der Waals surface area contributed by atoms with E-state index in [0.29, 0.717) is 17.6 Å². The maximum atomic E-state index is 5.49. The molecule has 0 aliphatic heterocycles. The SMILES string of the molecule is CC1(C)c2ccccc2-c2cc(-c3nc(-c4cccc5c4C(C)(C)c4ccccc4-5)nc(N(c4ccccc4)c4ccc5c(c4)-c4ccccc4C5(C)C)n3)ccc21. The van der Waals surface area contributed by atoms with E-state index in [-0.39, 0.29) is 16.2 Å². The van der Waals surface area contributed by atoms with Gasteiger partial charge < -0.3 is 0 Å². The highest BCUT2D eigenvalue weighted by molar-refractivity contribution is 5.89. The average Bonchev–Trinajstić information content (AvgIpc) is 3.73. The largest absolute Gasteiger partial charge is 0.279 e. The molecule has 7 aromatic carbocycles. The van der Waals surface area contributed by atoms with Gasteiger partial charge in [-0.25, -0.2) is 4.98 Å². The molecular formula is C54H44N4.